The summed E-state index contributed by atoms with van der Waals surface area (Å²) in [6.45, 7) is 2.32. The first-order chi connectivity index (χ1) is 11.3. The van der Waals surface area contributed by atoms with Gasteiger partial charge in [0, 0.05) is 50.3 Å². The summed E-state index contributed by atoms with van der Waals surface area (Å²) < 4.78 is 1.96. The molecule has 0 aliphatic carbocycles. The zero-order chi connectivity index (χ0) is 15.6. The number of rotatable bonds is 4. The van der Waals surface area contributed by atoms with Crippen LogP contribution >= 0.6 is 0 Å². The molecular weight excluding hydrogens is 290 g/mol. The molecule has 0 radical (unpaired) electrons. The molecule has 0 bridgehead atoms. The summed E-state index contributed by atoms with van der Waals surface area (Å²) in [5, 5.41) is 14.7. The lowest BCUT2D eigenvalue weighted by atomic mass is 10.0. The Morgan fingerprint density at radius 2 is 2.09 bits per heavy atom. The second kappa shape index (κ2) is 6.06. The van der Waals surface area contributed by atoms with E-state index in [0.29, 0.717) is 6.54 Å². The van der Waals surface area contributed by atoms with E-state index in [1.54, 1.807) is 18.6 Å². The summed E-state index contributed by atoms with van der Waals surface area (Å²) in [6.07, 6.45) is 7.40. The summed E-state index contributed by atoms with van der Waals surface area (Å²) in [5.74, 6) is 0.198. The van der Waals surface area contributed by atoms with Gasteiger partial charge >= 0.3 is 0 Å². The first-order valence-electron chi connectivity index (χ1n) is 7.86. The van der Waals surface area contributed by atoms with Gasteiger partial charge in [0.05, 0.1) is 23.0 Å². The second-order valence-corrected chi connectivity index (χ2v) is 6.11. The largest absolute Gasteiger partial charge is 0.391 e. The Morgan fingerprint density at radius 1 is 1.13 bits per heavy atom. The minimum atomic E-state index is -0.325. The Kier molecular flexibility index (Phi) is 3.77. The number of aliphatic hydroxyl groups excluding tert-OH is 1. The standard InChI is InChI=1S/C17H19N5O/c23-17-12-21(10-13(17)8-14-9-18-6-7-19-14)11-16-3-1-2-15-4-5-20-22(15)16/h1-7,9,13,17,23H,8,10-12H2/t13-,17-/m1/s1. The maximum Gasteiger partial charge on any atom is 0.0711 e. The van der Waals surface area contributed by atoms with Gasteiger partial charge in [0.1, 0.15) is 0 Å². The minimum Gasteiger partial charge on any atom is -0.391 e. The van der Waals surface area contributed by atoms with Gasteiger partial charge in [-0.3, -0.25) is 14.9 Å². The Morgan fingerprint density at radius 3 is 2.96 bits per heavy atom. The Balaban J connectivity index is 1.46. The molecule has 0 amide bonds. The lowest BCUT2D eigenvalue weighted by Crippen LogP contribution is -2.22. The third-order valence-corrected chi connectivity index (χ3v) is 4.46. The molecule has 0 saturated carbocycles. The molecule has 3 aromatic heterocycles. The molecule has 0 unspecified atom stereocenters. The van der Waals surface area contributed by atoms with Gasteiger partial charge in [-0.05, 0) is 24.6 Å². The molecule has 1 aliphatic rings. The van der Waals surface area contributed by atoms with Gasteiger partial charge in [0.25, 0.3) is 0 Å². The summed E-state index contributed by atoms with van der Waals surface area (Å²) in [7, 11) is 0. The number of aliphatic hydroxyl groups is 1. The molecular formula is C17H19N5O. The van der Waals surface area contributed by atoms with Crippen LogP contribution in [0.5, 0.6) is 0 Å². The number of β-amino-alcohol motifs (C(OH)–C–C–N with tert-alkyl or cyclic N) is 1. The molecule has 2 atom stereocenters. The van der Waals surface area contributed by atoms with Crippen molar-refractivity contribution in [3.63, 3.8) is 0 Å². The predicted octanol–water partition coefficient (Wildman–Crippen LogP) is 1.16. The van der Waals surface area contributed by atoms with E-state index in [1.807, 2.05) is 22.8 Å². The SMILES string of the molecule is O[C@@H]1CN(Cc2cccc3ccnn23)C[C@H]1Cc1cnccn1. The molecule has 0 spiro atoms. The average Bonchev–Trinajstić information content (AvgIpc) is 3.16. The molecule has 4 rings (SSSR count). The number of hydrogen-bond acceptors (Lipinski definition) is 5. The zero-order valence-electron chi connectivity index (χ0n) is 12.8. The molecule has 1 saturated heterocycles. The number of nitrogens with zero attached hydrogens (tertiary/aromatic N) is 5. The quantitative estimate of drug-likeness (QED) is 0.783. The Hall–Kier alpha value is -2.31. The van der Waals surface area contributed by atoms with Gasteiger partial charge < -0.3 is 5.11 Å². The third kappa shape index (κ3) is 2.95. The van der Waals surface area contributed by atoms with Crippen LogP contribution < -0.4 is 0 Å². The highest BCUT2D eigenvalue weighted by molar-refractivity contribution is 5.46. The van der Waals surface area contributed by atoms with Gasteiger partial charge in [-0.1, -0.05) is 6.07 Å². The van der Waals surface area contributed by atoms with Gasteiger partial charge in [-0.15, -0.1) is 0 Å². The van der Waals surface area contributed by atoms with E-state index in [4.69, 9.17) is 0 Å². The fourth-order valence-corrected chi connectivity index (χ4v) is 3.33. The van der Waals surface area contributed by atoms with Crippen LogP contribution in [0.25, 0.3) is 5.52 Å². The highest BCUT2D eigenvalue weighted by atomic mass is 16.3. The lowest BCUT2D eigenvalue weighted by Gasteiger charge is -2.16. The van der Waals surface area contributed by atoms with E-state index in [0.717, 1.165) is 36.4 Å². The van der Waals surface area contributed by atoms with Crippen molar-refractivity contribution in [2.24, 2.45) is 5.92 Å². The molecule has 1 fully saturated rings. The van der Waals surface area contributed by atoms with Gasteiger partial charge in [0.15, 0.2) is 0 Å². The monoisotopic (exact) mass is 309 g/mol. The van der Waals surface area contributed by atoms with Crippen LogP contribution in [-0.2, 0) is 13.0 Å². The molecule has 23 heavy (non-hydrogen) atoms. The lowest BCUT2D eigenvalue weighted by molar-refractivity contribution is 0.140. The highest BCUT2D eigenvalue weighted by Crippen LogP contribution is 2.22. The first kappa shape index (κ1) is 14.3. The highest BCUT2D eigenvalue weighted by Gasteiger charge is 2.31. The van der Waals surface area contributed by atoms with Crippen molar-refractivity contribution in [2.45, 2.75) is 19.1 Å². The maximum atomic E-state index is 10.4. The number of pyridine rings is 1. The second-order valence-electron chi connectivity index (χ2n) is 6.11. The summed E-state index contributed by atoms with van der Waals surface area (Å²) in [4.78, 5) is 10.7. The molecule has 0 aromatic carbocycles. The van der Waals surface area contributed by atoms with Crippen molar-refractivity contribution in [3.8, 4) is 0 Å². The third-order valence-electron chi connectivity index (χ3n) is 4.46. The molecule has 1 N–H and O–H groups in total. The molecule has 118 valence electrons. The van der Waals surface area contributed by atoms with Crippen molar-refractivity contribution in [1.82, 2.24) is 24.5 Å². The maximum absolute atomic E-state index is 10.4. The van der Waals surface area contributed by atoms with E-state index >= 15 is 0 Å². The molecule has 4 heterocycles. The van der Waals surface area contributed by atoms with Gasteiger partial charge in [-0.2, -0.15) is 5.10 Å². The van der Waals surface area contributed by atoms with Gasteiger partial charge in [0.2, 0.25) is 0 Å². The normalized spacial score (nSPS) is 22.0. The summed E-state index contributed by atoms with van der Waals surface area (Å²) in [6, 6.07) is 8.18. The van der Waals surface area contributed by atoms with Crippen molar-refractivity contribution in [2.75, 3.05) is 13.1 Å². The average molecular weight is 309 g/mol. The van der Waals surface area contributed by atoms with Crippen LogP contribution in [0.2, 0.25) is 0 Å². The van der Waals surface area contributed by atoms with Crippen LogP contribution in [-0.4, -0.2) is 48.8 Å². The van der Waals surface area contributed by atoms with E-state index in [1.165, 1.54) is 0 Å². The minimum absolute atomic E-state index is 0.198. The number of likely N-dealkylation sites (tertiary alicyclic amines) is 1. The first-order valence-corrected chi connectivity index (χ1v) is 7.86. The van der Waals surface area contributed by atoms with E-state index in [9.17, 15) is 5.11 Å². The molecule has 6 heteroatoms. The van der Waals surface area contributed by atoms with Crippen LogP contribution in [0.4, 0.5) is 0 Å². The van der Waals surface area contributed by atoms with E-state index < -0.39 is 0 Å². The van der Waals surface area contributed by atoms with Crippen LogP contribution in [0.1, 0.15) is 11.4 Å². The van der Waals surface area contributed by atoms with E-state index in [2.05, 4.69) is 32.1 Å². The number of hydrogen-bond donors (Lipinski definition) is 1. The van der Waals surface area contributed by atoms with Crippen molar-refractivity contribution in [3.05, 3.63) is 60.4 Å². The topological polar surface area (TPSA) is 66.5 Å². The predicted molar refractivity (Wildman–Crippen MR) is 85.7 cm³/mol. The van der Waals surface area contributed by atoms with E-state index in [-0.39, 0.29) is 12.0 Å². The number of aromatic nitrogens is 4. The number of fused-ring (bicyclic) bond motifs is 1. The molecule has 1 aliphatic heterocycles. The Labute approximate surface area is 134 Å². The smallest absolute Gasteiger partial charge is 0.0711 e. The fraction of sp³-hybridized carbons (Fsp3) is 0.353. The van der Waals surface area contributed by atoms with Crippen molar-refractivity contribution < 1.29 is 5.11 Å². The van der Waals surface area contributed by atoms with Gasteiger partial charge in [-0.25, -0.2) is 4.52 Å². The Bertz CT molecular complexity index is 788. The zero-order valence-corrected chi connectivity index (χ0v) is 12.8. The molecule has 6 nitrogen and oxygen atoms in total. The summed E-state index contributed by atoms with van der Waals surface area (Å²) in [5.41, 5.74) is 3.17. The van der Waals surface area contributed by atoms with Crippen LogP contribution in [0.15, 0.2) is 49.1 Å². The van der Waals surface area contributed by atoms with Crippen LogP contribution in [0, 0.1) is 5.92 Å². The van der Waals surface area contributed by atoms with Crippen molar-refractivity contribution in [1.29, 1.82) is 0 Å². The summed E-state index contributed by atoms with van der Waals surface area (Å²) >= 11 is 0. The van der Waals surface area contributed by atoms with Crippen LogP contribution in [0.3, 0.4) is 0 Å². The molecule has 3 aromatic rings. The van der Waals surface area contributed by atoms with Crippen molar-refractivity contribution >= 4 is 5.52 Å². The fourth-order valence-electron chi connectivity index (χ4n) is 3.33.